The first kappa shape index (κ1) is 11.6. The first-order chi connectivity index (χ1) is 7.59. The van der Waals surface area contributed by atoms with Crippen molar-refractivity contribution >= 4 is 40.6 Å². The molecule has 1 heterocycles. The average Bonchev–Trinajstić information content (AvgIpc) is 2.57. The summed E-state index contributed by atoms with van der Waals surface area (Å²) in [5, 5.41) is 5.49. The Morgan fingerprint density at radius 3 is 2.56 bits per heavy atom. The highest BCUT2D eigenvalue weighted by Crippen LogP contribution is 2.27. The molecule has 0 amide bonds. The second kappa shape index (κ2) is 4.53. The van der Waals surface area contributed by atoms with Gasteiger partial charge in [0.1, 0.15) is 10.8 Å². The zero-order chi connectivity index (χ0) is 11.7. The molecule has 0 unspecified atom stereocenters. The highest BCUT2D eigenvalue weighted by atomic mass is 35.5. The molecule has 0 atom stereocenters. The highest BCUT2D eigenvalue weighted by Gasteiger charge is 2.09. The quantitative estimate of drug-likeness (QED) is 0.912. The molecule has 2 aromatic rings. The summed E-state index contributed by atoms with van der Waals surface area (Å²) >= 11 is 17.8. The van der Waals surface area contributed by atoms with Crippen LogP contribution in [0.2, 0.25) is 15.1 Å². The molecule has 0 saturated carbocycles. The van der Waals surface area contributed by atoms with Gasteiger partial charge in [-0.3, -0.25) is 0 Å². The van der Waals surface area contributed by atoms with E-state index in [1.54, 1.807) is 10.7 Å². The number of rotatable bonds is 2. The van der Waals surface area contributed by atoms with E-state index in [2.05, 4.69) is 5.10 Å². The molecule has 2 N–H and O–H groups in total. The van der Waals surface area contributed by atoms with Crippen LogP contribution in [0.25, 0.3) is 0 Å². The molecule has 0 aliphatic rings. The molecule has 0 aliphatic carbocycles. The summed E-state index contributed by atoms with van der Waals surface area (Å²) in [5.74, 6) is 0.415. The number of nitrogens with zero attached hydrogens (tertiary/aromatic N) is 2. The molecule has 0 aliphatic heterocycles. The topological polar surface area (TPSA) is 43.8 Å². The van der Waals surface area contributed by atoms with Crippen LogP contribution in [-0.4, -0.2) is 9.78 Å². The van der Waals surface area contributed by atoms with Crippen molar-refractivity contribution < 1.29 is 0 Å². The predicted octanol–water partition coefficient (Wildman–Crippen LogP) is 3.47. The van der Waals surface area contributed by atoms with Crippen LogP contribution < -0.4 is 5.73 Å². The van der Waals surface area contributed by atoms with Gasteiger partial charge in [0.25, 0.3) is 0 Å². The van der Waals surface area contributed by atoms with Crippen molar-refractivity contribution in [2.75, 3.05) is 5.73 Å². The molecule has 0 radical (unpaired) electrons. The Balaban J connectivity index is 2.34. The molecule has 6 heteroatoms. The van der Waals surface area contributed by atoms with E-state index in [1.165, 1.54) is 6.20 Å². The number of benzene rings is 1. The zero-order valence-electron chi connectivity index (χ0n) is 8.12. The first-order valence-electron chi connectivity index (χ1n) is 4.49. The van der Waals surface area contributed by atoms with Gasteiger partial charge in [0.2, 0.25) is 0 Å². The lowest BCUT2D eigenvalue weighted by atomic mass is 10.2. The van der Waals surface area contributed by atoms with E-state index in [0.29, 0.717) is 27.4 Å². The summed E-state index contributed by atoms with van der Waals surface area (Å²) in [5.41, 5.74) is 6.58. The Labute approximate surface area is 108 Å². The molecule has 1 aromatic carbocycles. The van der Waals surface area contributed by atoms with E-state index in [1.807, 2.05) is 12.1 Å². The molecular weight excluding hydrogens is 268 g/mol. The van der Waals surface area contributed by atoms with Gasteiger partial charge >= 0.3 is 0 Å². The van der Waals surface area contributed by atoms with Crippen LogP contribution in [0.3, 0.4) is 0 Å². The number of hydrogen-bond donors (Lipinski definition) is 1. The summed E-state index contributed by atoms with van der Waals surface area (Å²) in [6.45, 7) is 0.442. The highest BCUT2D eigenvalue weighted by molar-refractivity contribution is 6.42. The van der Waals surface area contributed by atoms with Gasteiger partial charge in [-0.25, -0.2) is 4.68 Å². The minimum Gasteiger partial charge on any atom is -0.383 e. The van der Waals surface area contributed by atoms with E-state index < -0.39 is 0 Å². The molecule has 3 nitrogen and oxygen atoms in total. The fraction of sp³-hybridized carbons (Fsp3) is 0.100. The largest absolute Gasteiger partial charge is 0.383 e. The van der Waals surface area contributed by atoms with Crippen molar-refractivity contribution in [3.8, 4) is 0 Å². The average molecular weight is 277 g/mol. The van der Waals surface area contributed by atoms with Crippen molar-refractivity contribution in [2.45, 2.75) is 6.54 Å². The Morgan fingerprint density at radius 2 is 1.94 bits per heavy atom. The van der Waals surface area contributed by atoms with Gasteiger partial charge in [0, 0.05) is 0 Å². The summed E-state index contributed by atoms with van der Waals surface area (Å²) in [6, 6.07) is 5.42. The maximum Gasteiger partial charge on any atom is 0.140 e. The van der Waals surface area contributed by atoms with Crippen molar-refractivity contribution in [3.63, 3.8) is 0 Å². The second-order valence-corrected chi connectivity index (χ2v) is 4.44. The number of anilines is 1. The van der Waals surface area contributed by atoms with E-state index >= 15 is 0 Å². The number of nitrogens with two attached hydrogens (primary N) is 1. The Hall–Kier alpha value is -0.900. The third-order valence-corrected chi connectivity index (χ3v) is 3.33. The molecule has 0 saturated heterocycles. The molecule has 84 valence electrons. The molecule has 0 spiro atoms. The van der Waals surface area contributed by atoms with Crippen LogP contribution in [0, 0.1) is 0 Å². The third kappa shape index (κ3) is 2.12. The lowest BCUT2D eigenvalue weighted by Gasteiger charge is -2.07. The maximum atomic E-state index is 6.06. The van der Waals surface area contributed by atoms with Crippen molar-refractivity contribution in [2.24, 2.45) is 0 Å². The third-order valence-electron chi connectivity index (χ3n) is 2.18. The van der Waals surface area contributed by atoms with E-state index in [-0.39, 0.29) is 0 Å². The van der Waals surface area contributed by atoms with Gasteiger partial charge in [-0.15, -0.1) is 0 Å². The van der Waals surface area contributed by atoms with E-state index in [0.717, 1.165) is 5.56 Å². The normalized spacial score (nSPS) is 10.7. The fourth-order valence-electron chi connectivity index (χ4n) is 1.33. The van der Waals surface area contributed by atoms with Crippen molar-refractivity contribution in [3.05, 3.63) is 45.0 Å². The summed E-state index contributed by atoms with van der Waals surface area (Å²) in [6.07, 6.45) is 1.50. The molecule has 0 fully saturated rings. The van der Waals surface area contributed by atoms with Crippen molar-refractivity contribution in [1.29, 1.82) is 0 Å². The number of hydrogen-bond acceptors (Lipinski definition) is 2. The SMILES string of the molecule is Nc1c(Cl)cnn1Cc1cccc(Cl)c1Cl. The Bertz CT molecular complexity index is 522. The number of aromatic nitrogens is 2. The van der Waals surface area contributed by atoms with Gasteiger partial charge in [0.05, 0.1) is 22.8 Å². The fourth-order valence-corrected chi connectivity index (χ4v) is 1.85. The van der Waals surface area contributed by atoms with Crippen LogP contribution in [0.1, 0.15) is 5.56 Å². The summed E-state index contributed by atoms with van der Waals surface area (Å²) < 4.78 is 1.57. The van der Waals surface area contributed by atoms with Crippen LogP contribution in [0.4, 0.5) is 5.82 Å². The molecule has 1 aromatic heterocycles. The lowest BCUT2D eigenvalue weighted by molar-refractivity contribution is 0.697. The predicted molar refractivity (Wildman–Crippen MR) is 67.2 cm³/mol. The summed E-state index contributed by atoms with van der Waals surface area (Å²) in [4.78, 5) is 0. The Kier molecular flexibility index (Phi) is 3.28. The molecule has 0 bridgehead atoms. The van der Waals surface area contributed by atoms with E-state index in [9.17, 15) is 0 Å². The van der Waals surface area contributed by atoms with Crippen LogP contribution in [-0.2, 0) is 6.54 Å². The zero-order valence-corrected chi connectivity index (χ0v) is 10.4. The monoisotopic (exact) mass is 275 g/mol. The lowest BCUT2D eigenvalue weighted by Crippen LogP contribution is -2.06. The molecule has 16 heavy (non-hydrogen) atoms. The molecular formula is C10H8Cl3N3. The van der Waals surface area contributed by atoms with Crippen LogP contribution in [0.15, 0.2) is 24.4 Å². The minimum atomic E-state index is 0.415. The van der Waals surface area contributed by atoms with Gasteiger partial charge in [-0.05, 0) is 11.6 Å². The van der Waals surface area contributed by atoms with Crippen LogP contribution >= 0.6 is 34.8 Å². The smallest absolute Gasteiger partial charge is 0.140 e. The minimum absolute atomic E-state index is 0.415. The van der Waals surface area contributed by atoms with Crippen LogP contribution in [0.5, 0.6) is 0 Å². The summed E-state index contributed by atoms with van der Waals surface area (Å²) in [7, 11) is 0. The molecule has 2 rings (SSSR count). The van der Waals surface area contributed by atoms with E-state index in [4.69, 9.17) is 40.5 Å². The number of halogens is 3. The van der Waals surface area contributed by atoms with Gasteiger partial charge in [-0.1, -0.05) is 46.9 Å². The Morgan fingerprint density at radius 1 is 1.19 bits per heavy atom. The first-order valence-corrected chi connectivity index (χ1v) is 5.62. The van der Waals surface area contributed by atoms with Gasteiger partial charge in [0.15, 0.2) is 0 Å². The number of nitrogen functional groups attached to an aromatic ring is 1. The van der Waals surface area contributed by atoms with Gasteiger partial charge in [-0.2, -0.15) is 5.10 Å². The van der Waals surface area contributed by atoms with Gasteiger partial charge < -0.3 is 5.73 Å². The standard InChI is InChI=1S/C10H8Cl3N3/c11-7-3-1-2-6(9(7)13)5-16-10(14)8(12)4-15-16/h1-4H,5,14H2. The maximum absolute atomic E-state index is 6.06. The van der Waals surface area contributed by atoms with Crippen molar-refractivity contribution in [1.82, 2.24) is 9.78 Å². The second-order valence-electron chi connectivity index (χ2n) is 3.25.